The van der Waals surface area contributed by atoms with Crippen molar-refractivity contribution < 1.29 is 23.5 Å². The molecule has 20 heavy (non-hydrogen) atoms. The minimum Gasteiger partial charge on any atom is -0.478 e. The number of nitrogens with zero attached hydrogens (tertiary/aromatic N) is 2. The molecule has 0 spiro atoms. The number of anilines is 1. The van der Waals surface area contributed by atoms with Crippen molar-refractivity contribution in [3.63, 3.8) is 0 Å². The van der Waals surface area contributed by atoms with E-state index in [9.17, 15) is 18.4 Å². The molecule has 8 heteroatoms. The highest BCUT2D eigenvalue weighted by molar-refractivity contribution is 6.04. The first kappa shape index (κ1) is 13.5. The highest BCUT2D eigenvalue weighted by Gasteiger charge is 2.16. The Morgan fingerprint density at radius 1 is 1.15 bits per heavy atom. The monoisotopic (exact) mass is 279 g/mol. The second kappa shape index (κ2) is 5.39. The maximum Gasteiger partial charge on any atom is 0.337 e. The van der Waals surface area contributed by atoms with Crippen LogP contribution in [-0.4, -0.2) is 27.0 Å². The summed E-state index contributed by atoms with van der Waals surface area (Å²) in [6.45, 7) is 0. The lowest BCUT2D eigenvalue weighted by atomic mass is 10.2. The number of carbonyl (C=O) groups is 2. The number of hydrogen-bond donors (Lipinski definition) is 2. The first-order valence-corrected chi connectivity index (χ1v) is 5.29. The number of aromatic nitrogens is 2. The molecule has 2 aromatic heterocycles. The number of carboxylic acids is 1. The van der Waals surface area contributed by atoms with Gasteiger partial charge in [0, 0.05) is 12.4 Å². The molecule has 1 amide bonds. The maximum absolute atomic E-state index is 13.3. The van der Waals surface area contributed by atoms with E-state index in [0.717, 1.165) is 18.5 Å². The quantitative estimate of drug-likeness (QED) is 0.834. The van der Waals surface area contributed by atoms with Crippen molar-refractivity contribution in [1.82, 2.24) is 9.97 Å². The molecule has 0 aliphatic rings. The standard InChI is InChI=1S/C12H7F2N3O3/c13-9-7(3-4-15-10(9)14)11(18)17-8-2-1-6(5-16-8)12(19)20/h1-5H,(H,19,20)(H,16,17,18). The number of nitrogens with one attached hydrogen (secondary N) is 1. The minimum atomic E-state index is -1.38. The molecule has 2 heterocycles. The molecule has 2 rings (SSSR count). The number of carbonyl (C=O) groups excluding carboxylic acids is 1. The van der Waals surface area contributed by atoms with Gasteiger partial charge in [0.05, 0.1) is 11.1 Å². The molecule has 2 N–H and O–H groups in total. The van der Waals surface area contributed by atoms with Gasteiger partial charge in [-0.2, -0.15) is 4.39 Å². The van der Waals surface area contributed by atoms with E-state index >= 15 is 0 Å². The molecule has 0 aliphatic heterocycles. The van der Waals surface area contributed by atoms with Crippen LogP contribution in [0.1, 0.15) is 20.7 Å². The van der Waals surface area contributed by atoms with Crippen molar-refractivity contribution in [2.24, 2.45) is 0 Å². The zero-order valence-electron chi connectivity index (χ0n) is 9.80. The van der Waals surface area contributed by atoms with Gasteiger partial charge in [-0.15, -0.1) is 0 Å². The normalized spacial score (nSPS) is 10.1. The van der Waals surface area contributed by atoms with Crippen molar-refractivity contribution in [1.29, 1.82) is 0 Å². The van der Waals surface area contributed by atoms with E-state index < -0.39 is 29.2 Å². The summed E-state index contributed by atoms with van der Waals surface area (Å²) in [5, 5.41) is 10.9. The van der Waals surface area contributed by atoms with Gasteiger partial charge in [-0.1, -0.05) is 0 Å². The first-order valence-electron chi connectivity index (χ1n) is 5.29. The minimum absolute atomic E-state index is 0.0108. The number of pyridine rings is 2. The third kappa shape index (κ3) is 2.74. The second-order valence-corrected chi connectivity index (χ2v) is 3.65. The number of carboxylic acid groups (broad SMARTS) is 1. The number of halogens is 2. The van der Waals surface area contributed by atoms with E-state index in [-0.39, 0.29) is 11.4 Å². The van der Waals surface area contributed by atoms with Gasteiger partial charge in [0.15, 0.2) is 5.82 Å². The van der Waals surface area contributed by atoms with Crippen molar-refractivity contribution in [3.8, 4) is 0 Å². The van der Waals surface area contributed by atoms with Gasteiger partial charge in [0.1, 0.15) is 5.82 Å². The Morgan fingerprint density at radius 3 is 2.50 bits per heavy atom. The average Bonchev–Trinajstić information content (AvgIpc) is 2.42. The number of rotatable bonds is 3. The van der Waals surface area contributed by atoms with E-state index in [1.54, 1.807) is 0 Å². The fourth-order valence-electron chi connectivity index (χ4n) is 1.37. The predicted octanol–water partition coefficient (Wildman–Crippen LogP) is 1.71. The van der Waals surface area contributed by atoms with Gasteiger partial charge in [0.2, 0.25) is 5.95 Å². The highest BCUT2D eigenvalue weighted by atomic mass is 19.2. The Labute approximate surface area is 111 Å². The molecule has 0 fully saturated rings. The Hall–Kier alpha value is -2.90. The van der Waals surface area contributed by atoms with Gasteiger partial charge >= 0.3 is 5.97 Å². The zero-order valence-corrected chi connectivity index (χ0v) is 9.80. The van der Waals surface area contributed by atoms with E-state index in [2.05, 4.69) is 15.3 Å². The van der Waals surface area contributed by atoms with Crippen LogP contribution in [-0.2, 0) is 0 Å². The fraction of sp³-hybridized carbons (Fsp3) is 0. The van der Waals surface area contributed by atoms with E-state index in [1.807, 2.05) is 0 Å². The van der Waals surface area contributed by atoms with Gasteiger partial charge in [-0.05, 0) is 18.2 Å². The van der Waals surface area contributed by atoms with Crippen LogP contribution in [0.15, 0.2) is 30.6 Å². The van der Waals surface area contributed by atoms with Crippen LogP contribution < -0.4 is 5.32 Å². The SMILES string of the molecule is O=C(O)c1ccc(NC(=O)c2ccnc(F)c2F)nc1. The van der Waals surface area contributed by atoms with Gasteiger partial charge in [-0.25, -0.2) is 19.2 Å². The summed E-state index contributed by atoms with van der Waals surface area (Å²) in [5.41, 5.74) is -0.592. The van der Waals surface area contributed by atoms with Crippen LogP contribution in [0.5, 0.6) is 0 Å². The van der Waals surface area contributed by atoms with Crippen LogP contribution in [0.4, 0.5) is 14.6 Å². The molecule has 0 radical (unpaired) electrons. The van der Waals surface area contributed by atoms with E-state index in [4.69, 9.17) is 5.11 Å². The summed E-state index contributed by atoms with van der Waals surface area (Å²) in [4.78, 5) is 29.0. The highest BCUT2D eigenvalue weighted by Crippen LogP contribution is 2.12. The Balaban J connectivity index is 2.19. The molecule has 6 nitrogen and oxygen atoms in total. The molecule has 102 valence electrons. The molecule has 0 saturated heterocycles. The third-order valence-electron chi connectivity index (χ3n) is 2.34. The summed E-state index contributed by atoms with van der Waals surface area (Å²) < 4.78 is 26.2. The molecule has 0 saturated carbocycles. The lowest BCUT2D eigenvalue weighted by Gasteiger charge is -2.05. The predicted molar refractivity (Wildman–Crippen MR) is 63.3 cm³/mol. The molecule has 0 aromatic carbocycles. The fourth-order valence-corrected chi connectivity index (χ4v) is 1.37. The average molecular weight is 279 g/mol. The van der Waals surface area contributed by atoms with Crippen molar-refractivity contribution in [2.45, 2.75) is 0 Å². The van der Waals surface area contributed by atoms with E-state index in [0.29, 0.717) is 0 Å². The summed E-state index contributed by atoms with van der Waals surface area (Å²) in [6, 6.07) is 3.46. The topological polar surface area (TPSA) is 92.2 Å². The maximum atomic E-state index is 13.3. The number of hydrogen-bond acceptors (Lipinski definition) is 4. The summed E-state index contributed by atoms with van der Waals surface area (Å²) >= 11 is 0. The van der Waals surface area contributed by atoms with Crippen molar-refractivity contribution >= 4 is 17.7 Å². The van der Waals surface area contributed by atoms with Gasteiger partial charge in [-0.3, -0.25) is 4.79 Å². The van der Waals surface area contributed by atoms with Crippen LogP contribution in [0.25, 0.3) is 0 Å². The summed E-state index contributed by atoms with van der Waals surface area (Å²) in [5.74, 6) is -4.83. The molecular weight excluding hydrogens is 272 g/mol. The van der Waals surface area contributed by atoms with Gasteiger partial charge in [0.25, 0.3) is 5.91 Å². The Bertz CT molecular complexity index is 674. The van der Waals surface area contributed by atoms with Crippen LogP contribution >= 0.6 is 0 Å². The molecular formula is C12H7F2N3O3. The van der Waals surface area contributed by atoms with Crippen LogP contribution in [0.3, 0.4) is 0 Å². The molecule has 0 aliphatic carbocycles. The molecule has 0 unspecified atom stereocenters. The lowest BCUT2D eigenvalue weighted by molar-refractivity contribution is 0.0696. The molecule has 0 atom stereocenters. The van der Waals surface area contributed by atoms with Gasteiger partial charge < -0.3 is 10.4 Å². The third-order valence-corrected chi connectivity index (χ3v) is 2.34. The Kier molecular flexibility index (Phi) is 3.65. The van der Waals surface area contributed by atoms with Crippen LogP contribution in [0.2, 0.25) is 0 Å². The summed E-state index contributed by atoms with van der Waals surface area (Å²) in [6.07, 6.45) is 1.98. The number of amides is 1. The second-order valence-electron chi connectivity index (χ2n) is 3.65. The van der Waals surface area contributed by atoms with Crippen molar-refractivity contribution in [3.05, 3.63) is 53.5 Å². The smallest absolute Gasteiger partial charge is 0.337 e. The summed E-state index contributed by atoms with van der Waals surface area (Å²) in [7, 11) is 0. The zero-order chi connectivity index (χ0) is 14.7. The Morgan fingerprint density at radius 2 is 1.90 bits per heavy atom. The van der Waals surface area contributed by atoms with Crippen LogP contribution in [0, 0.1) is 11.8 Å². The largest absolute Gasteiger partial charge is 0.478 e. The molecule has 2 aromatic rings. The van der Waals surface area contributed by atoms with Crippen molar-refractivity contribution in [2.75, 3.05) is 5.32 Å². The van der Waals surface area contributed by atoms with E-state index in [1.165, 1.54) is 12.1 Å². The molecule has 0 bridgehead atoms. The lowest BCUT2D eigenvalue weighted by Crippen LogP contribution is -2.16. The first-order chi connectivity index (χ1) is 9.49. The number of aromatic carboxylic acids is 1.